The van der Waals surface area contributed by atoms with Crippen molar-refractivity contribution in [3.63, 3.8) is 0 Å². The van der Waals surface area contributed by atoms with Gasteiger partial charge in [0.1, 0.15) is 0 Å². The molecule has 60 valence electrons. The van der Waals surface area contributed by atoms with Crippen LogP contribution in [-0.4, -0.2) is 29.4 Å². The van der Waals surface area contributed by atoms with Gasteiger partial charge < -0.3 is 15.7 Å². The van der Waals surface area contributed by atoms with Crippen LogP contribution in [0.3, 0.4) is 0 Å². The van der Waals surface area contributed by atoms with Crippen LogP contribution >= 0.6 is 12.2 Å². The average molecular weight is 162 g/mol. The fourth-order valence-electron chi connectivity index (χ4n) is 0.409. The SMILES string of the molecule is CNC(=S)NC(C)(C)CO. The van der Waals surface area contributed by atoms with Gasteiger partial charge in [-0.1, -0.05) is 0 Å². The summed E-state index contributed by atoms with van der Waals surface area (Å²) >= 11 is 4.84. The summed E-state index contributed by atoms with van der Waals surface area (Å²) in [7, 11) is 1.74. The van der Waals surface area contributed by atoms with Crippen molar-refractivity contribution in [1.29, 1.82) is 0 Å². The molecule has 0 radical (unpaired) electrons. The van der Waals surface area contributed by atoms with E-state index in [0.29, 0.717) is 5.11 Å². The van der Waals surface area contributed by atoms with Gasteiger partial charge in [0.05, 0.1) is 12.1 Å². The molecule has 3 N–H and O–H groups in total. The van der Waals surface area contributed by atoms with Gasteiger partial charge in [-0.3, -0.25) is 0 Å². The summed E-state index contributed by atoms with van der Waals surface area (Å²) in [4.78, 5) is 0. The minimum absolute atomic E-state index is 0.0643. The lowest BCUT2D eigenvalue weighted by Gasteiger charge is -2.24. The highest BCUT2D eigenvalue weighted by Crippen LogP contribution is 1.98. The van der Waals surface area contributed by atoms with Gasteiger partial charge >= 0.3 is 0 Å². The lowest BCUT2D eigenvalue weighted by atomic mass is 10.1. The van der Waals surface area contributed by atoms with Gasteiger partial charge in [-0.05, 0) is 26.1 Å². The standard InChI is InChI=1S/C6H14N2OS/c1-6(2,4-9)8-5(10)7-3/h9H,4H2,1-3H3,(H2,7,8,10). The quantitative estimate of drug-likeness (QED) is 0.494. The van der Waals surface area contributed by atoms with E-state index in [1.54, 1.807) is 7.05 Å². The second kappa shape index (κ2) is 3.73. The maximum atomic E-state index is 8.79. The molecule has 0 spiro atoms. The van der Waals surface area contributed by atoms with Gasteiger partial charge in [0.2, 0.25) is 0 Å². The van der Waals surface area contributed by atoms with Crippen LogP contribution in [0.4, 0.5) is 0 Å². The van der Waals surface area contributed by atoms with Crippen molar-refractivity contribution >= 4 is 17.3 Å². The number of rotatable bonds is 2. The molecule has 0 rings (SSSR count). The first-order valence-corrected chi connectivity index (χ1v) is 3.53. The van der Waals surface area contributed by atoms with E-state index in [2.05, 4.69) is 10.6 Å². The van der Waals surface area contributed by atoms with E-state index in [-0.39, 0.29) is 12.1 Å². The van der Waals surface area contributed by atoms with Crippen LogP contribution in [0.1, 0.15) is 13.8 Å². The number of hydrogen-bond acceptors (Lipinski definition) is 2. The maximum absolute atomic E-state index is 8.79. The number of aliphatic hydroxyl groups is 1. The summed E-state index contributed by atoms with van der Waals surface area (Å²) in [6, 6.07) is 0. The molecule has 0 aliphatic rings. The molecule has 0 amide bonds. The van der Waals surface area contributed by atoms with E-state index < -0.39 is 0 Å². The summed E-state index contributed by atoms with van der Waals surface area (Å²) in [5.41, 5.74) is -0.333. The van der Waals surface area contributed by atoms with Gasteiger partial charge in [0, 0.05) is 7.05 Å². The molecular weight excluding hydrogens is 148 g/mol. The average Bonchev–Trinajstić information content (AvgIpc) is 1.87. The van der Waals surface area contributed by atoms with Crippen molar-refractivity contribution in [3.05, 3.63) is 0 Å². The highest BCUT2D eigenvalue weighted by molar-refractivity contribution is 7.80. The highest BCUT2D eigenvalue weighted by Gasteiger charge is 2.15. The largest absolute Gasteiger partial charge is 0.394 e. The van der Waals surface area contributed by atoms with E-state index in [0.717, 1.165) is 0 Å². The lowest BCUT2D eigenvalue weighted by molar-refractivity contribution is 0.206. The summed E-state index contributed by atoms with van der Waals surface area (Å²) in [5.74, 6) is 0. The van der Waals surface area contributed by atoms with Gasteiger partial charge in [-0.25, -0.2) is 0 Å². The van der Waals surface area contributed by atoms with Crippen LogP contribution in [0.15, 0.2) is 0 Å². The van der Waals surface area contributed by atoms with Crippen LogP contribution < -0.4 is 10.6 Å². The molecule has 0 fully saturated rings. The number of aliphatic hydroxyl groups excluding tert-OH is 1. The third kappa shape index (κ3) is 3.63. The Morgan fingerprint density at radius 3 is 2.40 bits per heavy atom. The minimum atomic E-state index is -0.333. The fraction of sp³-hybridized carbons (Fsp3) is 0.833. The predicted molar refractivity (Wildman–Crippen MR) is 46.0 cm³/mol. The molecular formula is C6H14N2OS. The Balaban J connectivity index is 3.76. The third-order valence-corrected chi connectivity index (χ3v) is 1.38. The minimum Gasteiger partial charge on any atom is -0.394 e. The summed E-state index contributed by atoms with van der Waals surface area (Å²) in [6.07, 6.45) is 0. The lowest BCUT2D eigenvalue weighted by Crippen LogP contribution is -2.49. The van der Waals surface area contributed by atoms with Crippen LogP contribution in [-0.2, 0) is 0 Å². The molecule has 0 saturated carbocycles. The van der Waals surface area contributed by atoms with E-state index in [9.17, 15) is 0 Å². The first kappa shape index (κ1) is 9.65. The Morgan fingerprint density at radius 1 is 1.60 bits per heavy atom. The molecule has 0 aromatic heterocycles. The molecule has 4 heteroatoms. The van der Waals surface area contributed by atoms with Crippen molar-refractivity contribution < 1.29 is 5.11 Å². The van der Waals surface area contributed by atoms with Gasteiger partial charge in [-0.2, -0.15) is 0 Å². The molecule has 3 nitrogen and oxygen atoms in total. The monoisotopic (exact) mass is 162 g/mol. The Morgan fingerprint density at radius 2 is 2.10 bits per heavy atom. The Labute approximate surface area is 66.8 Å². The Bertz CT molecular complexity index is 125. The predicted octanol–water partition coefficient (Wildman–Crippen LogP) is -0.149. The van der Waals surface area contributed by atoms with Gasteiger partial charge in [0.25, 0.3) is 0 Å². The molecule has 0 aromatic carbocycles. The van der Waals surface area contributed by atoms with Gasteiger partial charge in [0.15, 0.2) is 5.11 Å². The second-order valence-corrected chi connectivity index (χ2v) is 3.15. The first-order chi connectivity index (χ1) is 4.52. The van der Waals surface area contributed by atoms with Crippen LogP contribution in [0.2, 0.25) is 0 Å². The van der Waals surface area contributed by atoms with Crippen LogP contribution in [0.25, 0.3) is 0 Å². The molecule has 0 bridgehead atoms. The Hall–Kier alpha value is -0.350. The topological polar surface area (TPSA) is 44.3 Å². The van der Waals surface area contributed by atoms with E-state index in [1.165, 1.54) is 0 Å². The van der Waals surface area contributed by atoms with Crippen molar-refractivity contribution in [2.24, 2.45) is 0 Å². The molecule has 10 heavy (non-hydrogen) atoms. The summed E-state index contributed by atoms with van der Waals surface area (Å²) in [5, 5.41) is 15.0. The second-order valence-electron chi connectivity index (χ2n) is 2.75. The van der Waals surface area contributed by atoms with E-state index in [4.69, 9.17) is 17.3 Å². The Kier molecular flexibility index (Phi) is 3.60. The maximum Gasteiger partial charge on any atom is 0.166 e. The highest BCUT2D eigenvalue weighted by atomic mass is 32.1. The zero-order chi connectivity index (χ0) is 8.20. The number of nitrogens with one attached hydrogen (secondary N) is 2. The molecule has 0 unspecified atom stereocenters. The molecule has 0 atom stereocenters. The first-order valence-electron chi connectivity index (χ1n) is 3.12. The molecule has 0 aromatic rings. The summed E-state index contributed by atoms with van der Waals surface area (Å²) in [6.45, 7) is 3.81. The van der Waals surface area contributed by atoms with E-state index >= 15 is 0 Å². The van der Waals surface area contributed by atoms with Crippen LogP contribution in [0.5, 0.6) is 0 Å². The smallest absolute Gasteiger partial charge is 0.166 e. The number of hydrogen-bond donors (Lipinski definition) is 3. The van der Waals surface area contributed by atoms with Crippen molar-refractivity contribution in [1.82, 2.24) is 10.6 Å². The number of thiocarbonyl (C=S) groups is 1. The zero-order valence-corrected chi connectivity index (χ0v) is 7.38. The summed E-state index contributed by atoms with van der Waals surface area (Å²) < 4.78 is 0. The molecule has 0 heterocycles. The fourth-order valence-corrected chi connectivity index (χ4v) is 0.686. The molecule has 0 aliphatic carbocycles. The van der Waals surface area contributed by atoms with E-state index in [1.807, 2.05) is 13.8 Å². The molecule has 0 saturated heterocycles. The van der Waals surface area contributed by atoms with Crippen molar-refractivity contribution in [2.75, 3.05) is 13.7 Å². The molecule has 0 aliphatic heterocycles. The van der Waals surface area contributed by atoms with Gasteiger partial charge in [-0.15, -0.1) is 0 Å². The zero-order valence-electron chi connectivity index (χ0n) is 6.56. The van der Waals surface area contributed by atoms with Crippen LogP contribution in [0, 0.1) is 0 Å². The van der Waals surface area contributed by atoms with Crippen molar-refractivity contribution in [2.45, 2.75) is 19.4 Å². The van der Waals surface area contributed by atoms with Crippen molar-refractivity contribution in [3.8, 4) is 0 Å². The third-order valence-electron chi connectivity index (χ3n) is 1.07. The normalized spacial score (nSPS) is 10.8.